The van der Waals surface area contributed by atoms with Crippen molar-refractivity contribution in [3.05, 3.63) is 78.4 Å². The first-order chi connectivity index (χ1) is 30.4. The minimum Gasteiger partial charge on any atom is -0.492 e. The molecule has 0 spiro atoms. The fraction of sp³-hybridized carbons (Fsp3) is 0.593. The molecule has 8 heteroatoms. The van der Waals surface area contributed by atoms with Gasteiger partial charge in [-0.05, 0) is 81.1 Å². The average Bonchev–Trinajstić information content (AvgIpc) is 3.92. The number of benzene rings is 2. The van der Waals surface area contributed by atoms with Gasteiger partial charge in [-0.2, -0.15) is 0 Å². The first kappa shape index (κ1) is 50.7. The van der Waals surface area contributed by atoms with Crippen molar-refractivity contribution < 1.29 is 19.1 Å². The van der Waals surface area contributed by atoms with E-state index in [1.807, 2.05) is 35.0 Å². The van der Waals surface area contributed by atoms with E-state index in [0.29, 0.717) is 47.0 Å². The van der Waals surface area contributed by atoms with E-state index < -0.39 is 0 Å². The van der Waals surface area contributed by atoms with E-state index in [1.54, 1.807) is 22.7 Å². The molecule has 4 aromatic rings. The van der Waals surface area contributed by atoms with Gasteiger partial charge in [0.15, 0.2) is 11.6 Å². The number of rotatable bonds is 34. The van der Waals surface area contributed by atoms with Crippen molar-refractivity contribution >= 4 is 66.1 Å². The lowest BCUT2D eigenvalue weighted by Crippen LogP contribution is -2.24. The molecular weight excluding hydrogens is 937 g/mol. The molecule has 2 aromatic carbocycles. The van der Waals surface area contributed by atoms with Crippen LogP contribution in [0.1, 0.15) is 225 Å². The Morgan fingerprint density at radius 3 is 0.952 bits per heavy atom. The van der Waals surface area contributed by atoms with Crippen LogP contribution in [0, 0.1) is 0 Å². The van der Waals surface area contributed by atoms with Crippen LogP contribution < -0.4 is 9.47 Å². The van der Waals surface area contributed by atoms with Crippen molar-refractivity contribution in [2.45, 2.75) is 194 Å². The highest BCUT2D eigenvalue weighted by molar-refractivity contribution is 9.10. The summed E-state index contributed by atoms with van der Waals surface area (Å²) in [6, 6.07) is 11.7. The molecule has 0 amide bonds. The lowest BCUT2D eigenvalue weighted by atomic mass is 9.81. The molecule has 1 aliphatic rings. The molecule has 0 atom stereocenters. The third-order valence-corrected chi connectivity index (χ3v) is 15.9. The molecule has 0 fully saturated rings. The standard InChI is InChI=1S/C54H74Br2O4S2/c1-3-5-7-9-11-13-15-17-19-21-23-25-27-29-35-59-53-43(47-37-41(55)39-61-47)31-33-45-49(53)51(57)46-34-32-44(48-38-42(56)40-62-48)54(50(46)52(45)58)60-36-30-28-26-24-22-20-18-16-14-12-10-8-6-4-2/h31-34,37-40H,3-30,35-36H2,1-2H3. The number of carbonyl (C=O) groups excluding carboxylic acids is 2. The van der Waals surface area contributed by atoms with Crippen LogP contribution in [0.5, 0.6) is 11.5 Å². The van der Waals surface area contributed by atoms with Gasteiger partial charge >= 0.3 is 0 Å². The second-order valence-corrected chi connectivity index (χ2v) is 21.2. The molecule has 4 nitrogen and oxygen atoms in total. The summed E-state index contributed by atoms with van der Waals surface area (Å²) >= 11 is 10.4. The Morgan fingerprint density at radius 1 is 0.403 bits per heavy atom. The monoisotopic (exact) mass is 1010 g/mol. The highest BCUT2D eigenvalue weighted by Crippen LogP contribution is 2.47. The van der Waals surface area contributed by atoms with Crippen LogP contribution in [0.25, 0.3) is 20.9 Å². The summed E-state index contributed by atoms with van der Waals surface area (Å²) in [6.07, 6.45) is 36.1. The predicted octanol–water partition coefficient (Wildman–Crippen LogP) is 19.2. The highest BCUT2D eigenvalue weighted by Gasteiger charge is 2.37. The van der Waals surface area contributed by atoms with Crippen molar-refractivity contribution in [1.29, 1.82) is 0 Å². The molecule has 2 aromatic heterocycles. The average molecular weight is 1010 g/mol. The molecule has 0 aliphatic heterocycles. The Balaban J connectivity index is 1.19. The Bertz CT molecular complexity index is 1790. The van der Waals surface area contributed by atoms with Crippen LogP contribution >= 0.6 is 54.5 Å². The van der Waals surface area contributed by atoms with E-state index in [-0.39, 0.29) is 11.6 Å². The molecule has 340 valence electrons. The summed E-state index contributed by atoms with van der Waals surface area (Å²) in [5.74, 6) is 0.685. The highest BCUT2D eigenvalue weighted by atomic mass is 79.9. The third-order valence-electron chi connectivity index (χ3n) is 12.4. The van der Waals surface area contributed by atoms with Crippen LogP contribution in [0.15, 0.2) is 56.1 Å². The Kier molecular flexibility index (Phi) is 24.0. The fourth-order valence-electron chi connectivity index (χ4n) is 8.80. The number of fused-ring (bicyclic) bond motifs is 2. The second-order valence-electron chi connectivity index (χ2n) is 17.5. The second kappa shape index (κ2) is 29.3. The van der Waals surface area contributed by atoms with E-state index >= 15 is 0 Å². The summed E-state index contributed by atoms with van der Waals surface area (Å²) in [4.78, 5) is 31.5. The third kappa shape index (κ3) is 16.0. The number of hydrogen-bond acceptors (Lipinski definition) is 6. The first-order valence-electron chi connectivity index (χ1n) is 24.6. The van der Waals surface area contributed by atoms with Crippen LogP contribution in [-0.2, 0) is 0 Å². The number of unbranched alkanes of at least 4 members (excludes halogenated alkanes) is 26. The van der Waals surface area contributed by atoms with E-state index in [9.17, 15) is 9.59 Å². The van der Waals surface area contributed by atoms with Gasteiger partial charge in [-0.15, -0.1) is 22.7 Å². The minimum absolute atomic E-state index is 0.178. The van der Waals surface area contributed by atoms with Gasteiger partial charge in [0.2, 0.25) is 0 Å². The van der Waals surface area contributed by atoms with Gasteiger partial charge in [0.25, 0.3) is 0 Å². The van der Waals surface area contributed by atoms with Gasteiger partial charge in [0, 0.05) is 51.7 Å². The maximum Gasteiger partial charge on any atom is 0.198 e. The number of carbonyl (C=O) groups is 2. The Morgan fingerprint density at radius 2 is 0.677 bits per heavy atom. The van der Waals surface area contributed by atoms with E-state index in [2.05, 4.69) is 57.8 Å². The molecule has 0 bridgehead atoms. The molecule has 0 saturated carbocycles. The summed E-state index contributed by atoms with van der Waals surface area (Å²) in [6.45, 7) is 5.56. The summed E-state index contributed by atoms with van der Waals surface area (Å²) in [5, 5.41) is 4.08. The fourth-order valence-corrected chi connectivity index (χ4v) is 11.7. The summed E-state index contributed by atoms with van der Waals surface area (Å²) in [5.41, 5.74) is 3.23. The number of ether oxygens (including phenoxy) is 2. The molecule has 1 aliphatic carbocycles. The summed E-state index contributed by atoms with van der Waals surface area (Å²) < 4.78 is 15.2. The van der Waals surface area contributed by atoms with Crippen LogP contribution in [0.3, 0.4) is 0 Å². The Labute approximate surface area is 400 Å². The molecule has 0 saturated heterocycles. The first-order valence-corrected chi connectivity index (χ1v) is 28.0. The largest absolute Gasteiger partial charge is 0.492 e. The molecule has 2 heterocycles. The zero-order valence-electron chi connectivity index (χ0n) is 38.0. The molecular formula is C54H74Br2O4S2. The SMILES string of the molecule is CCCCCCCCCCCCCCCCOc1c(-c2cc(Br)cs2)ccc2c1C(=O)c1ccc(-c3cc(Br)cs3)c(OCCCCCCCCCCCCCCCC)c1C2=O. The quantitative estimate of drug-likeness (QED) is 0.0385. The minimum atomic E-state index is -0.178. The lowest BCUT2D eigenvalue weighted by molar-refractivity contribution is 0.0972. The maximum absolute atomic E-state index is 14.7. The van der Waals surface area contributed by atoms with E-state index in [4.69, 9.17) is 9.47 Å². The van der Waals surface area contributed by atoms with Crippen LogP contribution in [0.2, 0.25) is 0 Å². The zero-order valence-corrected chi connectivity index (χ0v) is 42.8. The molecule has 0 N–H and O–H groups in total. The van der Waals surface area contributed by atoms with Gasteiger partial charge in [-0.1, -0.05) is 181 Å². The maximum atomic E-state index is 14.7. The zero-order chi connectivity index (χ0) is 43.8. The summed E-state index contributed by atoms with van der Waals surface area (Å²) in [7, 11) is 0. The number of hydrogen-bond donors (Lipinski definition) is 0. The number of thiophene rings is 2. The topological polar surface area (TPSA) is 52.6 Å². The van der Waals surface area contributed by atoms with Crippen molar-refractivity contribution in [3.8, 4) is 32.4 Å². The lowest BCUT2D eigenvalue weighted by Gasteiger charge is -2.25. The van der Waals surface area contributed by atoms with Crippen molar-refractivity contribution in [1.82, 2.24) is 0 Å². The molecule has 62 heavy (non-hydrogen) atoms. The van der Waals surface area contributed by atoms with Gasteiger partial charge in [-0.3, -0.25) is 9.59 Å². The van der Waals surface area contributed by atoms with Gasteiger partial charge in [0.1, 0.15) is 11.5 Å². The molecule has 5 rings (SSSR count). The molecule has 0 radical (unpaired) electrons. The number of ketones is 2. The van der Waals surface area contributed by atoms with Crippen LogP contribution in [-0.4, -0.2) is 24.8 Å². The van der Waals surface area contributed by atoms with Crippen molar-refractivity contribution in [2.24, 2.45) is 0 Å². The smallest absolute Gasteiger partial charge is 0.198 e. The molecule has 0 unspecified atom stereocenters. The van der Waals surface area contributed by atoms with E-state index in [0.717, 1.165) is 55.5 Å². The van der Waals surface area contributed by atoms with Gasteiger partial charge in [0.05, 0.1) is 24.3 Å². The normalized spacial score (nSPS) is 12.3. The number of halogens is 2. The predicted molar refractivity (Wildman–Crippen MR) is 273 cm³/mol. The Hall–Kier alpha value is -2.26. The van der Waals surface area contributed by atoms with Crippen molar-refractivity contribution in [2.75, 3.05) is 13.2 Å². The van der Waals surface area contributed by atoms with Crippen molar-refractivity contribution in [3.63, 3.8) is 0 Å². The van der Waals surface area contributed by atoms with Gasteiger partial charge in [-0.25, -0.2) is 0 Å². The van der Waals surface area contributed by atoms with Crippen LogP contribution in [0.4, 0.5) is 0 Å². The van der Waals surface area contributed by atoms with E-state index in [1.165, 1.54) is 154 Å². The van der Waals surface area contributed by atoms with Gasteiger partial charge < -0.3 is 9.47 Å².